The minimum atomic E-state index is -0.618. The summed E-state index contributed by atoms with van der Waals surface area (Å²) in [5.41, 5.74) is 0.246. The highest BCUT2D eigenvalue weighted by molar-refractivity contribution is 5.74. The van der Waals surface area contributed by atoms with E-state index in [0.29, 0.717) is 0 Å². The highest BCUT2D eigenvalue weighted by Gasteiger charge is 2.29. The highest BCUT2D eigenvalue weighted by Crippen LogP contribution is 2.15. The summed E-state index contributed by atoms with van der Waals surface area (Å²) in [5.74, 6) is 5.93. The van der Waals surface area contributed by atoms with Gasteiger partial charge in [-0.25, -0.2) is 4.79 Å². The quantitative estimate of drug-likeness (QED) is 0.631. The normalized spacial score (nSPS) is 12.1. The van der Waals surface area contributed by atoms with Gasteiger partial charge in [0.1, 0.15) is 11.9 Å². The van der Waals surface area contributed by atoms with Crippen molar-refractivity contribution in [1.82, 2.24) is 4.90 Å². The molecule has 0 saturated carbocycles. The van der Waals surface area contributed by atoms with Crippen LogP contribution < -0.4 is 0 Å². The second-order valence-electron chi connectivity index (χ2n) is 6.65. The number of hydrogen-bond acceptors (Lipinski definition) is 3. The Morgan fingerprint density at radius 3 is 2.35 bits per heavy atom. The van der Waals surface area contributed by atoms with E-state index < -0.39 is 17.7 Å². The summed E-state index contributed by atoms with van der Waals surface area (Å²) in [7, 11) is 0. The van der Waals surface area contributed by atoms with Crippen molar-refractivity contribution in [2.24, 2.45) is 5.92 Å². The second kappa shape index (κ2) is 8.38. The van der Waals surface area contributed by atoms with E-state index >= 15 is 0 Å². The van der Waals surface area contributed by atoms with Crippen LogP contribution in [0.4, 0.5) is 4.79 Å². The number of hydrogen-bond donors (Lipinski definition) is 0. The van der Waals surface area contributed by atoms with Crippen LogP contribution in [0.5, 0.6) is 0 Å². The minimum absolute atomic E-state index is 0.0152. The number of carbonyl (C=O) groups is 2. The minimum Gasteiger partial charge on any atom is -0.444 e. The Bertz CT molecular complexity index is 576. The molecule has 1 rings (SSSR count). The van der Waals surface area contributed by atoms with Crippen LogP contribution >= 0.6 is 0 Å². The second-order valence-corrected chi connectivity index (χ2v) is 6.65. The Labute approximate surface area is 138 Å². The summed E-state index contributed by atoms with van der Waals surface area (Å²) in [5, 5.41) is 0. The van der Waals surface area contributed by atoms with Gasteiger partial charge in [0.15, 0.2) is 0 Å². The molecule has 0 radical (unpaired) electrons. The van der Waals surface area contributed by atoms with Crippen LogP contribution in [0.3, 0.4) is 0 Å². The smallest absolute Gasteiger partial charge is 0.411 e. The van der Waals surface area contributed by atoms with Crippen molar-refractivity contribution < 1.29 is 14.3 Å². The van der Waals surface area contributed by atoms with E-state index in [1.165, 1.54) is 4.90 Å². The Hall–Kier alpha value is -2.28. The summed E-state index contributed by atoms with van der Waals surface area (Å²) >= 11 is 0. The Morgan fingerprint density at radius 2 is 1.87 bits per heavy atom. The molecule has 124 valence electrons. The first-order valence-corrected chi connectivity index (χ1v) is 7.73. The molecular weight excluding hydrogens is 290 g/mol. The van der Waals surface area contributed by atoms with Crippen LogP contribution in [0.2, 0.25) is 0 Å². The third kappa shape index (κ3) is 6.56. The first-order valence-electron chi connectivity index (χ1n) is 7.73. The largest absolute Gasteiger partial charge is 0.444 e. The molecule has 4 nitrogen and oxygen atoms in total. The summed E-state index contributed by atoms with van der Waals surface area (Å²) < 4.78 is 5.40. The fraction of sp³-hybridized carbons (Fsp3) is 0.474. The molecule has 0 saturated heterocycles. The zero-order valence-electron chi connectivity index (χ0n) is 14.5. The third-order valence-electron chi connectivity index (χ3n) is 3.07. The first-order chi connectivity index (χ1) is 10.7. The van der Waals surface area contributed by atoms with Crippen molar-refractivity contribution >= 4 is 12.4 Å². The maximum Gasteiger partial charge on any atom is 0.411 e. The average Bonchev–Trinajstić information content (AvgIpc) is 2.45. The number of carbonyl (C=O) groups excluding carboxylic acids is 2. The molecule has 0 N–H and O–H groups in total. The predicted octanol–water partition coefficient (Wildman–Crippen LogP) is 3.50. The summed E-state index contributed by atoms with van der Waals surface area (Å²) in [6.45, 7) is 9.31. The number of rotatable bonds is 4. The van der Waals surface area contributed by atoms with E-state index in [1.54, 1.807) is 20.8 Å². The number of benzene rings is 1. The van der Waals surface area contributed by atoms with E-state index in [2.05, 4.69) is 11.8 Å². The summed E-state index contributed by atoms with van der Waals surface area (Å²) in [4.78, 5) is 25.2. The van der Waals surface area contributed by atoms with Crippen LogP contribution in [0.25, 0.3) is 0 Å². The average molecular weight is 315 g/mol. The molecular formula is C19H25NO3. The van der Waals surface area contributed by atoms with Gasteiger partial charge in [0.25, 0.3) is 0 Å². The lowest BCUT2D eigenvalue weighted by molar-refractivity contribution is -0.113. The maximum absolute atomic E-state index is 12.4. The molecule has 0 unspecified atom stereocenters. The fourth-order valence-electron chi connectivity index (χ4n) is 1.95. The van der Waals surface area contributed by atoms with E-state index in [9.17, 15) is 9.59 Å². The molecule has 1 atom stereocenters. The van der Waals surface area contributed by atoms with Gasteiger partial charge in [0.2, 0.25) is 0 Å². The van der Waals surface area contributed by atoms with Gasteiger partial charge in [-0.1, -0.05) is 43.9 Å². The van der Waals surface area contributed by atoms with Crippen LogP contribution in [0.1, 0.15) is 40.2 Å². The van der Waals surface area contributed by atoms with E-state index in [0.717, 1.165) is 11.8 Å². The molecule has 23 heavy (non-hydrogen) atoms. The lowest BCUT2D eigenvalue weighted by Crippen LogP contribution is -2.46. The van der Waals surface area contributed by atoms with E-state index in [-0.39, 0.29) is 12.5 Å². The summed E-state index contributed by atoms with van der Waals surface area (Å²) in [6, 6.07) is 8.94. The molecule has 0 aromatic heterocycles. The molecule has 1 aromatic rings. The molecule has 0 heterocycles. The molecule has 0 aliphatic rings. The Balaban J connectivity index is 2.93. The molecule has 1 amide bonds. The van der Waals surface area contributed by atoms with Crippen LogP contribution in [0, 0.1) is 17.8 Å². The Morgan fingerprint density at radius 1 is 1.26 bits per heavy atom. The predicted molar refractivity (Wildman–Crippen MR) is 91.0 cm³/mol. The van der Waals surface area contributed by atoms with Crippen LogP contribution in [-0.4, -0.2) is 35.5 Å². The van der Waals surface area contributed by atoms with Gasteiger partial charge in [0, 0.05) is 5.56 Å². The monoisotopic (exact) mass is 315 g/mol. The van der Waals surface area contributed by atoms with Crippen molar-refractivity contribution in [2.45, 2.75) is 46.3 Å². The highest BCUT2D eigenvalue weighted by atomic mass is 16.6. The molecule has 4 heteroatoms. The topological polar surface area (TPSA) is 46.6 Å². The van der Waals surface area contributed by atoms with Crippen molar-refractivity contribution in [3.63, 3.8) is 0 Å². The van der Waals surface area contributed by atoms with Gasteiger partial charge < -0.3 is 9.53 Å². The van der Waals surface area contributed by atoms with Crippen molar-refractivity contribution in [3.05, 3.63) is 35.9 Å². The number of amides is 1. The maximum atomic E-state index is 12.4. The van der Waals surface area contributed by atoms with Crippen molar-refractivity contribution in [1.29, 1.82) is 0 Å². The number of aldehydes is 1. The molecule has 1 aromatic carbocycles. The number of nitrogens with zero attached hydrogens (tertiary/aromatic N) is 1. The number of ether oxygens (including phenoxy) is 1. The lowest BCUT2D eigenvalue weighted by Gasteiger charge is -2.31. The summed E-state index contributed by atoms with van der Waals surface area (Å²) in [6.07, 6.45) is 0.254. The fourth-order valence-corrected chi connectivity index (χ4v) is 1.95. The first kappa shape index (κ1) is 18.8. The Kier molecular flexibility index (Phi) is 6.84. The molecule has 0 aliphatic heterocycles. The van der Waals surface area contributed by atoms with Crippen LogP contribution in [0.15, 0.2) is 30.3 Å². The lowest BCUT2D eigenvalue weighted by atomic mass is 10.0. The molecule has 0 fully saturated rings. The van der Waals surface area contributed by atoms with Gasteiger partial charge in [0.05, 0.1) is 12.6 Å². The van der Waals surface area contributed by atoms with Gasteiger partial charge in [-0.05, 0) is 38.8 Å². The van der Waals surface area contributed by atoms with Crippen molar-refractivity contribution in [2.75, 3.05) is 6.54 Å². The molecule has 0 bridgehead atoms. The van der Waals surface area contributed by atoms with Crippen LogP contribution in [-0.2, 0) is 9.53 Å². The van der Waals surface area contributed by atoms with Gasteiger partial charge in [-0.15, -0.1) is 0 Å². The third-order valence-corrected chi connectivity index (χ3v) is 3.07. The zero-order chi connectivity index (χ0) is 17.5. The van der Waals surface area contributed by atoms with E-state index in [1.807, 2.05) is 44.2 Å². The van der Waals surface area contributed by atoms with Gasteiger partial charge in [-0.3, -0.25) is 4.90 Å². The van der Waals surface area contributed by atoms with Crippen molar-refractivity contribution in [3.8, 4) is 11.8 Å². The standard InChI is InChI=1S/C19H25NO3/c1-15(2)17(14-21)20(18(22)23-19(3,4)5)13-9-12-16-10-7-6-8-11-16/h6-8,10-11,14-15,17H,13H2,1-5H3/t17-/m1/s1. The van der Waals surface area contributed by atoms with Gasteiger partial charge in [-0.2, -0.15) is 0 Å². The zero-order valence-corrected chi connectivity index (χ0v) is 14.5. The van der Waals surface area contributed by atoms with E-state index in [4.69, 9.17) is 4.74 Å². The van der Waals surface area contributed by atoms with Gasteiger partial charge >= 0.3 is 6.09 Å². The molecule has 0 aliphatic carbocycles. The molecule has 0 spiro atoms. The SMILES string of the molecule is CC(C)[C@@H](C=O)N(CC#Cc1ccccc1)C(=O)OC(C)(C)C.